The number of hydrogen-bond donors (Lipinski definition) is 1. The molecule has 19 heavy (non-hydrogen) atoms. The summed E-state index contributed by atoms with van der Waals surface area (Å²) in [5.41, 5.74) is 7.35. The summed E-state index contributed by atoms with van der Waals surface area (Å²) in [6, 6.07) is 7.54. The number of hydrogen-bond acceptors (Lipinski definition) is 3. The molecule has 6 heteroatoms. The Morgan fingerprint density at radius 2 is 1.79 bits per heavy atom. The molecule has 1 rings (SSSR count). The van der Waals surface area contributed by atoms with Crippen molar-refractivity contribution < 1.29 is 17.9 Å². The number of alkyl halides is 3. The Hall–Kier alpha value is -1.27. The molecule has 0 unspecified atom stereocenters. The van der Waals surface area contributed by atoms with E-state index in [9.17, 15) is 13.2 Å². The Balaban J connectivity index is 2.66. The molecule has 3 nitrogen and oxygen atoms in total. The molecule has 1 aromatic rings. The maximum absolute atomic E-state index is 12.0. The van der Waals surface area contributed by atoms with Crippen LogP contribution in [0.4, 0.5) is 18.9 Å². The van der Waals surface area contributed by atoms with Crippen LogP contribution in [-0.4, -0.2) is 25.6 Å². The molecule has 2 N–H and O–H groups in total. The van der Waals surface area contributed by atoms with Gasteiger partial charge in [0.05, 0.1) is 6.61 Å². The van der Waals surface area contributed by atoms with Crippen LogP contribution in [0.3, 0.4) is 0 Å². The second-order valence-electron chi connectivity index (χ2n) is 4.45. The molecule has 0 atom stereocenters. The van der Waals surface area contributed by atoms with E-state index in [4.69, 9.17) is 5.73 Å². The molecule has 108 valence electrons. The minimum Gasteiger partial charge on any atom is -0.367 e. The highest BCUT2D eigenvalue weighted by Gasteiger charge is 2.29. The molecule has 0 saturated carbocycles. The minimum atomic E-state index is -4.58. The van der Waals surface area contributed by atoms with Crippen LogP contribution in [0, 0.1) is 0 Å². The third-order valence-corrected chi connectivity index (χ3v) is 2.72. The fourth-order valence-electron chi connectivity index (χ4n) is 1.77. The van der Waals surface area contributed by atoms with E-state index in [2.05, 4.69) is 4.74 Å². The van der Waals surface area contributed by atoms with E-state index in [0.717, 1.165) is 11.3 Å². The average Bonchev–Trinajstić information content (AvgIpc) is 2.33. The smallest absolute Gasteiger partial charge is 0.367 e. The van der Waals surface area contributed by atoms with Gasteiger partial charge in [-0.15, -0.1) is 13.2 Å². The van der Waals surface area contributed by atoms with Crippen LogP contribution in [0.1, 0.15) is 19.4 Å². The van der Waals surface area contributed by atoms with Crippen LogP contribution in [0.2, 0.25) is 0 Å². The Morgan fingerprint density at radius 3 is 2.21 bits per heavy atom. The molecular formula is C13H19F3N2O. The van der Waals surface area contributed by atoms with E-state index >= 15 is 0 Å². The predicted molar refractivity (Wildman–Crippen MR) is 68.8 cm³/mol. The first-order chi connectivity index (χ1) is 8.83. The normalized spacial score (nSPS) is 11.9. The van der Waals surface area contributed by atoms with Gasteiger partial charge in [0.15, 0.2) is 0 Å². The average molecular weight is 276 g/mol. The number of ether oxygens (including phenoxy) is 1. The molecule has 0 saturated heterocycles. The molecule has 0 aromatic heterocycles. The summed E-state index contributed by atoms with van der Waals surface area (Å²) in [4.78, 5) is 1.85. The van der Waals surface area contributed by atoms with E-state index in [1.165, 1.54) is 0 Å². The van der Waals surface area contributed by atoms with Crippen LogP contribution in [0.5, 0.6) is 0 Å². The number of anilines is 1. The van der Waals surface area contributed by atoms with Gasteiger partial charge in [-0.25, -0.2) is 0 Å². The van der Waals surface area contributed by atoms with Gasteiger partial charge < -0.3 is 10.6 Å². The van der Waals surface area contributed by atoms with Crippen molar-refractivity contribution in [2.45, 2.75) is 32.8 Å². The van der Waals surface area contributed by atoms with Crippen LogP contribution in [0.25, 0.3) is 0 Å². The highest BCUT2D eigenvalue weighted by Crippen LogP contribution is 2.20. The topological polar surface area (TPSA) is 38.5 Å². The van der Waals surface area contributed by atoms with Gasteiger partial charge >= 0.3 is 6.36 Å². The molecule has 0 radical (unpaired) electrons. The summed E-state index contributed by atoms with van der Waals surface area (Å²) in [5, 5.41) is 0. The number of rotatable bonds is 6. The fourth-order valence-corrected chi connectivity index (χ4v) is 1.77. The van der Waals surface area contributed by atoms with E-state index in [1.807, 2.05) is 43.0 Å². The Labute approximate surface area is 111 Å². The third-order valence-electron chi connectivity index (χ3n) is 2.72. The van der Waals surface area contributed by atoms with Gasteiger partial charge in [0.2, 0.25) is 0 Å². The van der Waals surface area contributed by atoms with Crippen molar-refractivity contribution in [1.29, 1.82) is 0 Å². The highest BCUT2D eigenvalue weighted by molar-refractivity contribution is 5.48. The molecule has 1 aromatic carbocycles. The fraction of sp³-hybridized carbons (Fsp3) is 0.538. The number of nitrogens with zero attached hydrogens (tertiary/aromatic N) is 1. The lowest BCUT2D eigenvalue weighted by Crippen LogP contribution is -2.35. The van der Waals surface area contributed by atoms with Crippen LogP contribution in [0.15, 0.2) is 24.3 Å². The van der Waals surface area contributed by atoms with Crippen LogP contribution >= 0.6 is 0 Å². The SMILES string of the molecule is CC(C)N(CCOC(F)(F)F)c1ccc(CN)cc1. The van der Waals surface area contributed by atoms with Gasteiger partial charge in [-0.2, -0.15) is 0 Å². The van der Waals surface area contributed by atoms with Crippen molar-refractivity contribution >= 4 is 5.69 Å². The first-order valence-corrected chi connectivity index (χ1v) is 6.10. The van der Waals surface area contributed by atoms with Crippen molar-refractivity contribution in [3.8, 4) is 0 Å². The summed E-state index contributed by atoms with van der Waals surface area (Å²) in [5.74, 6) is 0. The van der Waals surface area contributed by atoms with E-state index in [1.54, 1.807) is 0 Å². The van der Waals surface area contributed by atoms with Gasteiger partial charge in [0, 0.05) is 24.8 Å². The molecule has 0 heterocycles. The van der Waals surface area contributed by atoms with Crippen LogP contribution < -0.4 is 10.6 Å². The first kappa shape index (κ1) is 15.8. The summed E-state index contributed by atoms with van der Waals surface area (Å²) >= 11 is 0. The first-order valence-electron chi connectivity index (χ1n) is 6.10. The lowest BCUT2D eigenvalue weighted by atomic mass is 10.1. The molecule has 0 amide bonds. The van der Waals surface area contributed by atoms with Crippen molar-refractivity contribution in [2.75, 3.05) is 18.1 Å². The maximum atomic E-state index is 12.0. The van der Waals surface area contributed by atoms with Crippen molar-refractivity contribution in [1.82, 2.24) is 0 Å². The van der Waals surface area contributed by atoms with E-state index in [-0.39, 0.29) is 19.2 Å². The summed E-state index contributed by atoms with van der Waals surface area (Å²) in [6.07, 6.45) is -4.58. The molecule has 0 bridgehead atoms. The minimum absolute atomic E-state index is 0.0839. The van der Waals surface area contributed by atoms with Gasteiger partial charge in [-0.05, 0) is 31.5 Å². The van der Waals surface area contributed by atoms with Gasteiger partial charge in [0.25, 0.3) is 0 Å². The lowest BCUT2D eigenvalue weighted by molar-refractivity contribution is -0.323. The molecular weight excluding hydrogens is 257 g/mol. The molecule has 0 spiro atoms. The van der Waals surface area contributed by atoms with Gasteiger partial charge in [0.1, 0.15) is 0 Å². The summed E-state index contributed by atoms with van der Waals surface area (Å²) in [6.45, 7) is 4.08. The molecule has 0 aliphatic rings. The highest BCUT2D eigenvalue weighted by atomic mass is 19.4. The Morgan fingerprint density at radius 1 is 1.21 bits per heavy atom. The predicted octanol–water partition coefficient (Wildman–Crippen LogP) is 2.90. The van der Waals surface area contributed by atoms with Crippen LogP contribution in [-0.2, 0) is 11.3 Å². The number of nitrogens with two attached hydrogens (primary N) is 1. The largest absolute Gasteiger partial charge is 0.522 e. The Kier molecular flexibility index (Phi) is 5.62. The lowest BCUT2D eigenvalue weighted by Gasteiger charge is -2.29. The number of benzene rings is 1. The third kappa shape index (κ3) is 5.48. The molecule has 0 aliphatic heterocycles. The van der Waals surface area contributed by atoms with Crippen molar-refractivity contribution in [2.24, 2.45) is 5.73 Å². The molecule has 0 fully saturated rings. The maximum Gasteiger partial charge on any atom is 0.522 e. The van der Waals surface area contributed by atoms with E-state index < -0.39 is 6.36 Å². The second-order valence-corrected chi connectivity index (χ2v) is 4.45. The summed E-state index contributed by atoms with van der Waals surface area (Å²) < 4.78 is 39.7. The Bertz CT molecular complexity index is 376. The molecule has 0 aliphatic carbocycles. The van der Waals surface area contributed by atoms with E-state index in [0.29, 0.717) is 6.54 Å². The van der Waals surface area contributed by atoms with Crippen molar-refractivity contribution in [3.05, 3.63) is 29.8 Å². The standard InChI is InChI=1S/C13H19F3N2O/c1-10(2)18(7-8-19-13(14,15)16)12-5-3-11(9-17)4-6-12/h3-6,10H,7-9,17H2,1-2H3. The van der Waals surface area contributed by atoms with Gasteiger partial charge in [-0.3, -0.25) is 4.74 Å². The zero-order valence-electron chi connectivity index (χ0n) is 11.1. The monoisotopic (exact) mass is 276 g/mol. The number of halogens is 3. The zero-order valence-corrected chi connectivity index (χ0v) is 11.1. The van der Waals surface area contributed by atoms with Crippen molar-refractivity contribution in [3.63, 3.8) is 0 Å². The second kappa shape index (κ2) is 6.77. The quantitative estimate of drug-likeness (QED) is 0.868. The zero-order chi connectivity index (χ0) is 14.5. The van der Waals surface area contributed by atoms with Gasteiger partial charge in [-0.1, -0.05) is 12.1 Å². The summed E-state index contributed by atoms with van der Waals surface area (Å²) in [7, 11) is 0.